The second kappa shape index (κ2) is 10.5. The first-order valence-corrected chi connectivity index (χ1v) is 11.4. The van der Waals surface area contributed by atoms with E-state index in [9.17, 15) is 14.4 Å². The molecule has 0 unspecified atom stereocenters. The van der Waals surface area contributed by atoms with Crippen LogP contribution in [0.5, 0.6) is 0 Å². The van der Waals surface area contributed by atoms with Crippen LogP contribution in [0, 0.1) is 13.8 Å². The predicted octanol–water partition coefficient (Wildman–Crippen LogP) is 2.61. The van der Waals surface area contributed by atoms with Gasteiger partial charge < -0.3 is 26.3 Å². The number of fused-ring (bicyclic) bond motifs is 1. The fourth-order valence-corrected chi connectivity index (χ4v) is 4.16. The summed E-state index contributed by atoms with van der Waals surface area (Å²) < 4.78 is 0. The number of H-pyrrole nitrogens is 1. The maximum Gasteiger partial charge on any atom is 0.256 e. The average Bonchev–Trinajstić information content (AvgIpc) is 3.24. The van der Waals surface area contributed by atoms with Gasteiger partial charge in [-0.2, -0.15) is 0 Å². The Labute approximate surface area is 194 Å². The number of nitrogens with two attached hydrogens (primary N) is 1. The minimum absolute atomic E-state index is 0.122. The smallest absolute Gasteiger partial charge is 0.256 e. The van der Waals surface area contributed by atoms with Gasteiger partial charge in [-0.1, -0.05) is 19.9 Å². The highest BCUT2D eigenvalue weighted by molar-refractivity contribution is 6.35. The van der Waals surface area contributed by atoms with Gasteiger partial charge in [0, 0.05) is 42.1 Å². The summed E-state index contributed by atoms with van der Waals surface area (Å²) in [5, 5.41) is 5.88. The zero-order chi connectivity index (χ0) is 24.1. The number of aromatic amines is 1. The molecule has 0 fully saturated rings. The van der Waals surface area contributed by atoms with E-state index < -0.39 is 0 Å². The number of hydrogen-bond acceptors (Lipinski definition) is 4. The maximum atomic E-state index is 12.8. The molecule has 2 aromatic rings. The molecule has 8 nitrogen and oxygen atoms in total. The van der Waals surface area contributed by atoms with E-state index in [1.165, 1.54) is 0 Å². The molecule has 0 spiro atoms. The molecule has 1 aromatic heterocycles. The molecule has 5 N–H and O–H groups in total. The van der Waals surface area contributed by atoms with Crippen molar-refractivity contribution >= 4 is 35.1 Å². The van der Waals surface area contributed by atoms with Crippen molar-refractivity contribution < 1.29 is 14.4 Å². The first kappa shape index (κ1) is 24.3. The zero-order valence-corrected chi connectivity index (χ0v) is 19.8. The van der Waals surface area contributed by atoms with Crippen LogP contribution < -0.4 is 16.4 Å². The van der Waals surface area contributed by atoms with Crippen LogP contribution >= 0.6 is 0 Å². The van der Waals surface area contributed by atoms with Crippen LogP contribution in [0.4, 0.5) is 5.69 Å². The molecule has 2 heterocycles. The Morgan fingerprint density at radius 1 is 1.18 bits per heavy atom. The highest BCUT2D eigenvalue weighted by Crippen LogP contribution is 2.35. The molecule has 0 saturated heterocycles. The zero-order valence-electron chi connectivity index (χ0n) is 19.8. The number of aromatic nitrogens is 1. The van der Waals surface area contributed by atoms with Crippen LogP contribution in [0.3, 0.4) is 0 Å². The van der Waals surface area contributed by atoms with Gasteiger partial charge in [0.05, 0.1) is 11.1 Å². The van der Waals surface area contributed by atoms with Gasteiger partial charge in [-0.05, 0) is 62.7 Å². The van der Waals surface area contributed by atoms with Crippen molar-refractivity contribution in [1.82, 2.24) is 15.2 Å². The van der Waals surface area contributed by atoms with Crippen molar-refractivity contribution in [2.24, 2.45) is 5.73 Å². The summed E-state index contributed by atoms with van der Waals surface area (Å²) in [5.41, 5.74) is 11.1. The van der Waals surface area contributed by atoms with Gasteiger partial charge in [-0.3, -0.25) is 14.4 Å². The molecule has 0 radical (unpaired) electrons. The van der Waals surface area contributed by atoms with E-state index >= 15 is 0 Å². The molecule has 0 aliphatic carbocycles. The number of anilines is 1. The number of carbonyl (C=O) groups excluding carboxylic acids is 3. The van der Waals surface area contributed by atoms with Crippen molar-refractivity contribution in [1.29, 1.82) is 0 Å². The van der Waals surface area contributed by atoms with E-state index in [2.05, 4.69) is 34.4 Å². The molecule has 3 amide bonds. The van der Waals surface area contributed by atoms with Crippen LogP contribution in [0.2, 0.25) is 0 Å². The summed E-state index contributed by atoms with van der Waals surface area (Å²) in [4.78, 5) is 42.1. The number of benzene rings is 1. The lowest BCUT2D eigenvalue weighted by atomic mass is 10.00. The number of likely N-dealkylation sites (N-methyl/N-ethyl adjacent to an activating group) is 1. The number of aryl methyl sites for hydroxylation is 2. The largest absolute Gasteiger partial charge is 0.370 e. The van der Waals surface area contributed by atoms with Crippen molar-refractivity contribution in [2.45, 2.75) is 40.5 Å². The second-order valence-corrected chi connectivity index (χ2v) is 8.30. The van der Waals surface area contributed by atoms with E-state index in [0.29, 0.717) is 24.1 Å². The Bertz CT molecular complexity index is 1100. The van der Waals surface area contributed by atoms with Crippen LogP contribution in [0.15, 0.2) is 18.2 Å². The highest BCUT2D eigenvalue weighted by Gasteiger charge is 2.26. The van der Waals surface area contributed by atoms with Crippen molar-refractivity contribution in [3.05, 3.63) is 51.8 Å². The lowest BCUT2D eigenvalue weighted by molar-refractivity contribution is -0.118. The molecular weight excluding hydrogens is 418 g/mol. The van der Waals surface area contributed by atoms with Crippen LogP contribution in [0.25, 0.3) is 11.6 Å². The van der Waals surface area contributed by atoms with E-state index in [1.807, 2.05) is 32.0 Å². The minimum atomic E-state index is -0.360. The molecular formula is C25H33N5O3. The molecule has 8 heteroatoms. The number of primary amides is 1. The van der Waals surface area contributed by atoms with Gasteiger partial charge in [-0.25, -0.2) is 0 Å². The first-order chi connectivity index (χ1) is 15.7. The molecule has 3 rings (SSSR count). The number of nitrogens with one attached hydrogen (secondary N) is 3. The summed E-state index contributed by atoms with van der Waals surface area (Å²) in [6.45, 7) is 11.2. The topological polar surface area (TPSA) is 120 Å². The van der Waals surface area contributed by atoms with Crippen LogP contribution in [-0.4, -0.2) is 53.8 Å². The summed E-state index contributed by atoms with van der Waals surface area (Å²) >= 11 is 0. The third-order valence-electron chi connectivity index (χ3n) is 6.13. The number of amides is 3. The highest BCUT2D eigenvalue weighted by atomic mass is 16.2. The van der Waals surface area contributed by atoms with Gasteiger partial charge in [0.15, 0.2) is 0 Å². The van der Waals surface area contributed by atoms with E-state index in [-0.39, 0.29) is 24.1 Å². The first-order valence-electron chi connectivity index (χ1n) is 11.4. The van der Waals surface area contributed by atoms with Gasteiger partial charge in [0.2, 0.25) is 5.91 Å². The number of rotatable bonds is 10. The lowest BCUT2D eigenvalue weighted by Crippen LogP contribution is -2.35. The molecule has 33 heavy (non-hydrogen) atoms. The van der Waals surface area contributed by atoms with E-state index in [1.54, 1.807) is 6.08 Å². The van der Waals surface area contributed by atoms with Gasteiger partial charge in [0.1, 0.15) is 0 Å². The van der Waals surface area contributed by atoms with Gasteiger partial charge >= 0.3 is 0 Å². The number of carbonyl (C=O) groups is 3. The monoisotopic (exact) mass is 451 g/mol. The van der Waals surface area contributed by atoms with Gasteiger partial charge in [0.25, 0.3) is 11.8 Å². The summed E-state index contributed by atoms with van der Waals surface area (Å²) in [5.74, 6) is -0.683. The third-order valence-corrected chi connectivity index (χ3v) is 6.13. The molecule has 176 valence electrons. The normalized spacial score (nSPS) is 14.0. The summed E-state index contributed by atoms with van der Waals surface area (Å²) in [6.07, 6.45) is 2.55. The molecule has 0 saturated carbocycles. The van der Waals surface area contributed by atoms with Crippen LogP contribution in [-0.2, 0) is 16.0 Å². The van der Waals surface area contributed by atoms with Crippen molar-refractivity contribution in [3.8, 4) is 0 Å². The average molecular weight is 452 g/mol. The fourth-order valence-electron chi connectivity index (χ4n) is 4.16. The van der Waals surface area contributed by atoms with E-state index in [4.69, 9.17) is 5.73 Å². The molecule has 0 bridgehead atoms. The number of nitrogens with zero attached hydrogens (tertiary/aromatic N) is 1. The molecule has 0 atom stereocenters. The molecule has 1 aliphatic heterocycles. The third kappa shape index (κ3) is 5.51. The Balaban J connectivity index is 1.83. The molecule has 1 aliphatic rings. The Hall–Kier alpha value is -3.39. The standard InChI is InChI=1S/C25H33N5O3/c1-5-30(6-2)12-11-27-25(33)23-15(3)21(28-16(23)4)14-19-18-13-17(8-10-22(26)31)7-9-20(18)29-24(19)32/h7,9,13-14,28H,5-6,8,10-12H2,1-4H3,(H2,26,31)(H,27,33)(H,29,32)/b19-14-. The lowest BCUT2D eigenvalue weighted by Gasteiger charge is -2.18. The number of hydrogen-bond donors (Lipinski definition) is 4. The van der Waals surface area contributed by atoms with Gasteiger partial charge in [-0.15, -0.1) is 0 Å². The fraction of sp³-hybridized carbons (Fsp3) is 0.400. The quantitative estimate of drug-likeness (QED) is 0.415. The Morgan fingerprint density at radius 2 is 1.91 bits per heavy atom. The maximum absolute atomic E-state index is 12.8. The minimum Gasteiger partial charge on any atom is -0.370 e. The Morgan fingerprint density at radius 3 is 2.58 bits per heavy atom. The van der Waals surface area contributed by atoms with Crippen molar-refractivity contribution in [2.75, 3.05) is 31.5 Å². The van der Waals surface area contributed by atoms with E-state index in [0.717, 1.165) is 53.4 Å². The summed E-state index contributed by atoms with van der Waals surface area (Å²) in [7, 11) is 0. The summed E-state index contributed by atoms with van der Waals surface area (Å²) in [6, 6.07) is 5.63. The second-order valence-electron chi connectivity index (χ2n) is 8.30. The van der Waals surface area contributed by atoms with Crippen molar-refractivity contribution in [3.63, 3.8) is 0 Å². The molecule has 1 aromatic carbocycles. The SMILES string of the molecule is CCN(CC)CCNC(=O)c1c(C)[nH]c(/C=C2\C(=O)Nc3ccc(CCC(N)=O)cc32)c1C. The van der Waals surface area contributed by atoms with Crippen LogP contribution in [0.1, 0.15) is 58.7 Å². The Kier molecular flexibility index (Phi) is 7.71. The predicted molar refractivity (Wildman–Crippen MR) is 131 cm³/mol.